The minimum absolute atomic E-state index is 0.0650. The highest BCUT2D eigenvalue weighted by Crippen LogP contribution is 2.21. The fraction of sp³-hybridized carbons (Fsp3) is 0.250. The van der Waals surface area contributed by atoms with E-state index in [1.165, 1.54) is 10.9 Å². The standard InChI is InChI=1S/C12H13N3O3/c1-8(9-4-3-5-10(6-9)18-2)15-7-11(12(16)17)13-14-15/h3-8H,1-2H3,(H,16,17). The van der Waals surface area contributed by atoms with Gasteiger partial charge in [0, 0.05) is 0 Å². The van der Waals surface area contributed by atoms with Crippen molar-refractivity contribution in [3.8, 4) is 5.75 Å². The number of hydrogen-bond donors (Lipinski definition) is 1. The molecule has 0 fully saturated rings. The van der Waals surface area contributed by atoms with Crippen LogP contribution in [0.4, 0.5) is 0 Å². The molecule has 18 heavy (non-hydrogen) atoms. The van der Waals surface area contributed by atoms with Crippen LogP contribution in [0.5, 0.6) is 5.75 Å². The summed E-state index contributed by atoms with van der Waals surface area (Å²) in [5.74, 6) is -0.336. The van der Waals surface area contributed by atoms with Crippen LogP contribution in [-0.4, -0.2) is 33.2 Å². The number of aromatic nitrogens is 3. The number of carboxylic acids is 1. The molecular weight excluding hydrogens is 234 g/mol. The van der Waals surface area contributed by atoms with E-state index in [1.54, 1.807) is 7.11 Å². The van der Waals surface area contributed by atoms with Crippen LogP contribution >= 0.6 is 0 Å². The van der Waals surface area contributed by atoms with Gasteiger partial charge in [-0.3, -0.25) is 0 Å². The number of hydrogen-bond acceptors (Lipinski definition) is 4. The first-order chi connectivity index (χ1) is 8.61. The number of methoxy groups -OCH3 is 1. The Kier molecular flexibility index (Phi) is 3.27. The van der Waals surface area contributed by atoms with E-state index in [0.717, 1.165) is 11.3 Å². The summed E-state index contributed by atoms with van der Waals surface area (Å²) >= 11 is 0. The van der Waals surface area contributed by atoms with Crippen molar-refractivity contribution < 1.29 is 14.6 Å². The number of carbonyl (C=O) groups is 1. The van der Waals surface area contributed by atoms with E-state index in [9.17, 15) is 4.79 Å². The highest BCUT2D eigenvalue weighted by Gasteiger charge is 2.14. The van der Waals surface area contributed by atoms with Crippen LogP contribution in [0.3, 0.4) is 0 Å². The van der Waals surface area contributed by atoms with E-state index in [2.05, 4.69) is 10.3 Å². The molecule has 0 aliphatic heterocycles. The third-order valence-electron chi connectivity index (χ3n) is 2.70. The Hall–Kier alpha value is -2.37. The van der Waals surface area contributed by atoms with Crippen LogP contribution in [-0.2, 0) is 0 Å². The summed E-state index contributed by atoms with van der Waals surface area (Å²) in [6.45, 7) is 1.91. The van der Waals surface area contributed by atoms with Gasteiger partial charge in [-0.1, -0.05) is 17.3 Å². The number of benzene rings is 1. The molecule has 1 atom stereocenters. The second-order valence-corrected chi connectivity index (χ2v) is 3.84. The Morgan fingerprint density at radius 2 is 2.28 bits per heavy atom. The minimum atomic E-state index is -1.08. The second-order valence-electron chi connectivity index (χ2n) is 3.84. The van der Waals surface area contributed by atoms with E-state index >= 15 is 0 Å². The predicted octanol–water partition coefficient (Wildman–Crippen LogP) is 1.59. The monoisotopic (exact) mass is 247 g/mol. The zero-order chi connectivity index (χ0) is 13.1. The summed E-state index contributed by atoms with van der Waals surface area (Å²) in [6.07, 6.45) is 1.41. The van der Waals surface area contributed by atoms with Gasteiger partial charge >= 0.3 is 5.97 Å². The first-order valence-electron chi connectivity index (χ1n) is 5.41. The molecular formula is C12H13N3O3. The Balaban J connectivity index is 2.28. The number of ether oxygens (including phenoxy) is 1. The molecule has 6 heteroatoms. The lowest BCUT2D eigenvalue weighted by atomic mass is 10.1. The van der Waals surface area contributed by atoms with Crippen molar-refractivity contribution in [3.63, 3.8) is 0 Å². The molecule has 0 radical (unpaired) electrons. The molecule has 0 spiro atoms. The Labute approximate surface area is 104 Å². The van der Waals surface area contributed by atoms with Crippen LogP contribution in [0.25, 0.3) is 0 Å². The van der Waals surface area contributed by atoms with E-state index in [-0.39, 0.29) is 11.7 Å². The zero-order valence-corrected chi connectivity index (χ0v) is 10.1. The van der Waals surface area contributed by atoms with Crippen molar-refractivity contribution in [3.05, 3.63) is 41.7 Å². The van der Waals surface area contributed by atoms with Crippen LogP contribution in [0, 0.1) is 0 Å². The molecule has 1 aromatic heterocycles. The van der Waals surface area contributed by atoms with Gasteiger partial charge in [-0.25, -0.2) is 9.48 Å². The van der Waals surface area contributed by atoms with Gasteiger partial charge in [0.25, 0.3) is 0 Å². The normalized spacial score (nSPS) is 12.1. The summed E-state index contributed by atoms with van der Waals surface area (Å²) in [4.78, 5) is 10.7. The third-order valence-corrected chi connectivity index (χ3v) is 2.70. The van der Waals surface area contributed by atoms with E-state index in [0.29, 0.717) is 0 Å². The first-order valence-corrected chi connectivity index (χ1v) is 5.41. The van der Waals surface area contributed by atoms with Gasteiger partial charge in [0.1, 0.15) is 5.75 Å². The smallest absolute Gasteiger partial charge is 0.358 e. The highest BCUT2D eigenvalue weighted by atomic mass is 16.5. The molecule has 0 aliphatic carbocycles. The van der Waals surface area contributed by atoms with Gasteiger partial charge in [0.15, 0.2) is 5.69 Å². The number of aromatic carboxylic acids is 1. The van der Waals surface area contributed by atoms with Crippen molar-refractivity contribution in [2.45, 2.75) is 13.0 Å². The van der Waals surface area contributed by atoms with Crippen molar-refractivity contribution in [1.29, 1.82) is 0 Å². The summed E-state index contributed by atoms with van der Waals surface area (Å²) in [5.41, 5.74) is 0.904. The fourth-order valence-corrected chi connectivity index (χ4v) is 1.62. The van der Waals surface area contributed by atoms with Gasteiger partial charge in [-0.2, -0.15) is 0 Å². The lowest BCUT2D eigenvalue weighted by Crippen LogP contribution is -2.07. The Morgan fingerprint density at radius 1 is 1.50 bits per heavy atom. The van der Waals surface area contributed by atoms with Gasteiger partial charge in [-0.15, -0.1) is 5.10 Å². The third kappa shape index (κ3) is 2.32. The average Bonchev–Trinajstić information content (AvgIpc) is 2.87. The van der Waals surface area contributed by atoms with Crippen LogP contribution in [0.1, 0.15) is 29.0 Å². The molecule has 0 amide bonds. The van der Waals surface area contributed by atoms with Gasteiger partial charge in [-0.05, 0) is 24.6 Å². The maximum absolute atomic E-state index is 10.7. The van der Waals surface area contributed by atoms with E-state index < -0.39 is 5.97 Å². The molecule has 94 valence electrons. The van der Waals surface area contributed by atoms with Crippen molar-refractivity contribution in [2.24, 2.45) is 0 Å². The summed E-state index contributed by atoms with van der Waals surface area (Å²) < 4.78 is 6.66. The lowest BCUT2D eigenvalue weighted by molar-refractivity contribution is 0.0690. The largest absolute Gasteiger partial charge is 0.497 e. The van der Waals surface area contributed by atoms with Crippen molar-refractivity contribution in [2.75, 3.05) is 7.11 Å². The van der Waals surface area contributed by atoms with Crippen molar-refractivity contribution >= 4 is 5.97 Å². The van der Waals surface area contributed by atoms with E-state index in [1.807, 2.05) is 31.2 Å². The molecule has 0 bridgehead atoms. The highest BCUT2D eigenvalue weighted by molar-refractivity contribution is 5.84. The fourth-order valence-electron chi connectivity index (χ4n) is 1.62. The predicted molar refractivity (Wildman–Crippen MR) is 63.8 cm³/mol. The van der Waals surface area contributed by atoms with Gasteiger partial charge in [0.2, 0.25) is 0 Å². The lowest BCUT2D eigenvalue weighted by Gasteiger charge is -2.12. The minimum Gasteiger partial charge on any atom is -0.497 e. The van der Waals surface area contributed by atoms with Gasteiger partial charge in [0.05, 0.1) is 19.3 Å². The van der Waals surface area contributed by atoms with E-state index in [4.69, 9.17) is 9.84 Å². The number of rotatable bonds is 4. The van der Waals surface area contributed by atoms with Crippen molar-refractivity contribution in [1.82, 2.24) is 15.0 Å². The molecule has 2 rings (SSSR count). The zero-order valence-electron chi connectivity index (χ0n) is 10.1. The molecule has 2 aromatic rings. The first kappa shape index (κ1) is 12.1. The Bertz CT molecular complexity index is 565. The summed E-state index contributed by atoms with van der Waals surface area (Å²) in [6, 6.07) is 7.42. The maximum atomic E-state index is 10.7. The molecule has 1 aromatic carbocycles. The topological polar surface area (TPSA) is 77.2 Å². The SMILES string of the molecule is COc1cccc(C(C)n2cc(C(=O)O)nn2)c1. The molecule has 0 saturated heterocycles. The molecule has 0 aliphatic rings. The molecule has 1 unspecified atom stereocenters. The maximum Gasteiger partial charge on any atom is 0.358 e. The summed E-state index contributed by atoms with van der Waals surface area (Å²) in [7, 11) is 1.60. The quantitative estimate of drug-likeness (QED) is 0.887. The van der Waals surface area contributed by atoms with Gasteiger partial charge < -0.3 is 9.84 Å². The average molecular weight is 247 g/mol. The molecule has 6 nitrogen and oxygen atoms in total. The number of carboxylic acid groups (broad SMARTS) is 1. The van der Waals surface area contributed by atoms with Crippen LogP contribution < -0.4 is 4.74 Å². The Morgan fingerprint density at radius 3 is 2.89 bits per heavy atom. The molecule has 0 saturated carbocycles. The van der Waals surface area contributed by atoms with Crippen LogP contribution in [0.2, 0.25) is 0 Å². The summed E-state index contributed by atoms with van der Waals surface area (Å²) in [5, 5.41) is 16.2. The van der Waals surface area contributed by atoms with Crippen LogP contribution in [0.15, 0.2) is 30.5 Å². The second kappa shape index (κ2) is 4.87. The molecule has 1 N–H and O–H groups in total. The number of nitrogens with zero attached hydrogens (tertiary/aromatic N) is 3. The molecule has 1 heterocycles.